The van der Waals surface area contributed by atoms with Crippen LogP contribution in [0.4, 0.5) is 11.4 Å². The van der Waals surface area contributed by atoms with Crippen LogP contribution in [0.15, 0.2) is 42.5 Å². The number of amides is 2. The zero-order chi connectivity index (χ0) is 19.1. The molecule has 0 bridgehead atoms. The molecule has 0 spiro atoms. The minimum Gasteiger partial charge on any atom is -0.455 e. The number of halogens is 2. The molecule has 6 nitrogen and oxygen atoms in total. The molecular weight excluding hydrogens is 379 g/mol. The van der Waals surface area contributed by atoms with Crippen LogP contribution in [0.3, 0.4) is 0 Å². The fourth-order valence-electron chi connectivity index (χ4n) is 2.09. The summed E-state index contributed by atoms with van der Waals surface area (Å²) >= 11 is 11.7. The van der Waals surface area contributed by atoms with Crippen molar-refractivity contribution in [3.8, 4) is 0 Å². The maximum absolute atomic E-state index is 11.9. The van der Waals surface area contributed by atoms with E-state index in [1.54, 1.807) is 42.5 Å². The van der Waals surface area contributed by atoms with E-state index in [1.807, 2.05) is 0 Å². The van der Waals surface area contributed by atoms with E-state index in [4.69, 9.17) is 27.9 Å². The molecule has 0 aliphatic heterocycles. The van der Waals surface area contributed by atoms with Crippen LogP contribution in [0.5, 0.6) is 0 Å². The van der Waals surface area contributed by atoms with Crippen LogP contribution in [0.25, 0.3) is 0 Å². The number of benzene rings is 2. The number of carbonyl (C=O) groups is 3. The predicted molar refractivity (Wildman–Crippen MR) is 101 cm³/mol. The van der Waals surface area contributed by atoms with Crippen LogP contribution in [-0.2, 0) is 25.5 Å². The van der Waals surface area contributed by atoms with Gasteiger partial charge in [-0.1, -0.05) is 35.3 Å². The second-order valence-electron chi connectivity index (χ2n) is 5.40. The van der Waals surface area contributed by atoms with Gasteiger partial charge in [0, 0.05) is 18.3 Å². The molecule has 0 unspecified atom stereocenters. The third-order valence-electron chi connectivity index (χ3n) is 3.16. The normalized spacial score (nSPS) is 10.1. The molecular formula is C18H16Cl2N2O4. The van der Waals surface area contributed by atoms with E-state index in [0.717, 1.165) is 0 Å². The Balaban J connectivity index is 1.83. The summed E-state index contributed by atoms with van der Waals surface area (Å²) in [5.74, 6) is -1.28. The summed E-state index contributed by atoms with van der Waals surface area (Å²) < 4.78 is 4.95. The number of esters is 1. The number of nitrogens with one attached hydrogen (secondary N) is 2. The lowest BCUT2D eigenvalue weighted by Gasteiger charge is -2.09. The number of hydrogen-bond donors (Lipinski definition) is 2. The molecule has 0 atom stereocenters. The molecule has 0 aliphatic rings. The maximum atomic E-state index is 11.9. The van der Waals surface area contributed by atoms with Crippen molar-refractivity contribution < 1.29 is 19.1 Å². The Bertz CT molecular complexity index is 840. The topological polar surface area (TPSA) is 84.5 Å². The molecule has 0 heterocycles. The SMILES string of the molecule is CC(=O)Nc1cccc(NC(=O)COC(=O)Cc2ccc(Cl)c(Cl)c2)c1. The third-order valence-corrected chi connectivity index (χ3v) is 3.90. The van der Waals surface area contributed by atoms with Crippen molar-refractivity contribution in [3.05, 3.63) is 58.1 Å². The van der Waals surface area contributed by atoms with Crippen molar-refractivity contribution >= 4 is 52.4 Å². The molecule has 0 radical (unpaired) electrons. The number of carbonyl (C=O) groups excluding carboxylic acids is 3. The van der Waals surface area contributed by atoms with Crippen LogP contribution >= 0.6 is 23.2 Å². The second kappa shape index (κ2) is 9.22. The molecule has 136 valence electrons. The van der Waals surface area contributed by atoms with E-state index >= 15 is 0 Å². The lowest BCUT2D eigenvalue weighted by Crippen LogP contribution is -2.21. The minimum absolute atomic E-state index is 0.0256. The van der Waals surface area contributed by atoms with Crippen molar-refractivity contribution in [2.75, 3.05) is 17.2 Å². The summed E-state index contributed by atoms with van der Waals surface area (Å²) in [4.78, 5) is 34.7. The molecule has 2 aromatic rings. The van der Waals surface area contributed by atoms with Crippen molar-refractivity contribution in [2.45, 2.75) is 13.3 Å². The lowest BCUT2D eigenvalue weighted by atomic mass is 10.1. The minimum atomic E-state index is -0.564. The Hall–Kier alpha value is -2.57. The van der Waals surface area contributed by atoms with Gasteiger partial charge in [-0.3, -0.25) is 14.4 Å². The van der Waals surface area contributed by atoms with Crippen LogP contribution in [-0.4, -0.2) is 24.4 Å². The van der Waals surface area contributed by atoms with Gasteiger partial charge in [-0.2, -0.15) is 0 Å². The smallest absolute Gasteiger partial charge is 0.310 e. The largest absolute Gasteiger partial charge is 0.455 e. The Morgan fingerprint density at radius 3 is 2.31 bits per heavy atom. The summed E-state index contributed by atoms with van der Waals surface area (Å²) in [5.41, 5.74) is 1.65. The van der Waals surface area contributed by atoms with Crippen LogP contribution in [0, 0.1) is 0 Å². The Labute approximate surface area is 160 Å². The number of anilines is 2. The van der Waals surface area contributed by atoms with E-state index in [0.29, 0.717) is 27.0 Å². The maximum Gasteiger partial charge on any atom is 0.310 e. The average molecular weight is 395 g/mol. The molecule has 26 heavy (non-hydrogen) atoms. The summed E-state index contributed by atoms with van der Waals surface area (Å²) in [6, 6.07) is 11.4. The summed E-state index contributed by atoms with van der Waals surface area (Å²) in [6.07, 6.45) is -0.0256. The third kappa shape index (κ3) is 6.38. The first kappa shape index (κ1) is 19.8. The molecule has 0 saturated carbocycles. The molecule has 2 N–H and O–H groups in total. The van der Waals surface area contributed by atoms with E-state index in [2.05, 4.69) is 10.6 Å². The van der Waals surface area contributed by atoms with Gasteiger partial charge in [0.1, 0.15) is 0 Å². The predicted octanol–water partition coefficient (Wildman–Crippen LogP) is 3.68. The van der Waals surface area contributed by atoms with E-state index in [1.165, 1.54) is 6.92 Å². The van der Waals surface area contributed by atoms with Gasteiger partial charge in [0.05, 0.1) is 16.5 Å². The Morgan fingerprint density at radius 2 is 1.65 bits per heavy atom. The second-order valence-corrected chi connectivity index (χ2v) is 6.21. The van der Waals surface area contributed by atoms with E-state index in [9.17, 15) is 14.4 Å². The number of ether oxygens (including phenoxy) is 1. The van der Waals surface area contributed by atoms with Gasteiger partial charge in [-0.05, 0) is 35.9 Å². The Morgan fingerprint density at radius 1 is 0.962 bits per heavy atom. The fourth-order valence-corrected chi connectivity index (χ4v) is 2.41. The van der Waals surface area contributed by atoms with Crippen molar-refractivity contribution in [2.24, 2.45) is 0 Å². The summed E-state index contributed by atoms with van der Waals surface area (Å²) in [7, 11) is 0. The quantitative estimate of drug-likeness (QED) is 0.731. The standard InChI is InChI=1S/C18H16Cl2N2O4/c1-11(23)21-13-3-2-4-14(9-13)22-17(24)10-26-18(25)8-12-5-6-15(19)16(20)7-12/h2-7,9H,8,10H2,1H3,(H,21,23)(H,22,24). The molecule has 0 saturated heterocycles. The van der Waals surface area contributed by atoms with Crippen molar-refractivity contribution in [1.29, 1.82) is 0 Å². The number of rotatable bonds is 6. The molecule has 2 amide bonds. The monoisotopic (exact) mass is 394 g/mol. The van der Waals surface area contributed by atoms with Crippen molar-refractivity contribution in [1.82, 2.24) is 0 Å². The Kier molecular flexibility index (Phi) is 7.00. The highest BCUT2D eigenvalue weighted by molar-refractivity contribution is 6.42. The summed E-state index contributed by atoms with van der Waals surface area (Å²) in [6.45, 7) is 0.961. The average Bonchev–Trinajstić information content (AvgIpc) is 2.56. The van der Waals surface area contributed by atoms with Crippen LogP contribution < -0.4 is 10.6 Å². The zero-order valence-corrected chi connectivity index (χ0v) is 15.4. The van der Waals surface area contributed by atoms with Gasteiger partial charge in [0.2, 0.25) is 5.91 Å². The van der Waals surface area contributed by atoms with Crippen LogP contribution in [0.2, 0.25) is 10.0 Å². The van der Waals surface area contributed by atoms with Gasteiger partial charge in [0.25, 0.3) is 5.91 Å². The zero-order valence-electron chi connectivity index (χ0n) is 13.8. The molecule has 2 aromatic carbocycles. The molecule has 2 rings (SSSR count). The molecule has 8 heteroatoms. The highest BCUT2D eigenvalue weighted by atomic mass is 35.5. The van der Waals surface area contributed by atoms with Crippen molar-refractivity contribution in [3.63, 3.8) is 0 Å². The van der Waals surface area contributed by atoms with Gasteiger partial charge in [-0.25, -0.2) is 0 Å². The van der Waals surface area contributed by atoms with Gasteiger partial charge < -0.3 is 15.4 Å². The molecule has 0 fully saturated rings. The summed E-state index contributed by atoms with van der Waals surface area (Å²) in [5, 5.41) is 5.93. The van der Waals surface area contributed by atoms with E-state index in [-0.39, 0.29) is 12.3 Å². The van der Waals surface area contributed by atoms with Gasteiger partial charge in [0.15, 0.2) is 6.61 Å². The number of hydrogen-bond acceptors (Lipinski definition) is 4. The lowest BCUT2D eigenvalue weighted by molar-refractivity contribution is -0.146. The highest BCUT2D eigenvalue weighted by Crippen LogP contribution is 2.22. The molecule has 0 aliphatic carbocycles. The molecule has 0 aromatic heterocycles. The fraction of sp³-hybridized carbons (Fsp3) is 0.167. The van der Waals surface area contributed by atoms with E-state index < -0.39 is 18.5 Å². The van der Waals surface area contributed by atoms with Gasteiger partial charge in [-0.15, -0.1) is 0 Å². The van der Waals surface area contributed by atoms with Gasteiger partial charge >= 0.3 is 5.97 Å². The van der Waals surface area contributed by atoms with Crippen LogP contribution in [0.1, 0.15) is 12.5 Å². The first-order valence-electron chi connectivity index (χ1n) is 7.60. The first-order valence-corrected chi connectivity index (χ1v) is 8.36. The highest BCUT2D eigenvalue weighted by Gasteiger charge is 2.10. The first-order chi connectivity index (χ1) is 12.3.